The summed E-state index contributed by atoms with van der Waals surface area (Å²) in [6, 6.07) is 14.1. The van der Waals surface area contributed by atoms with E-state index in [9.17, 15) is 24.5 Å². The molecule has 4 rings (SSSR count). The maximum atomic E-state index is 12.9. The molecule has 1 aliphatic heterocycles. The molecule has 0 spiro atoms. The Morgan fingerprint density at radius 1 is 1.12 bits per heavy atom. The van der Waals surface area contributed by atoms with Gasteiger partial charge in [-0.15, -0.1) is 11.3 Å². The van der Waals surface area contributed by atoms with Crippen LogP contribution in [0.15, 0.2) is 64.9 Å². The number of hydrogen-bond donors (Lipinski definition) is 0. The third-order valence-electron chi connectivity index (χ3n) is 4.80. The summed E-state index contributed by atoms with van der Waals surface area (Å²) >= 11 is 1.99. The Hall–Kier alpha value is -3.96. The molecule has 0 N–H and O–H groups in total. The second-order valence-corrected chi connectivity index (χ2v) is 8.87. The maximum absolute atomic E-state index is 12.9. The predicted molar refractivity (Wildman–Crippen MR) is 127 cm³/mol. The quantitative estimate of drug-likeness (QED) is 0.145. The molecular weight excluding hydrogens is 480 g/mol. The van der Waals surface area contributed by atoms with Crippen LogP contribution in [0.4, 0.5) is 10.5 Å². The first-order valence-electron chi connectivity index (χ1n) is 9.78. The largest absolute Gasteiger partial charge is 0.493 e. The van der Waals surface area contributed by atoms with Gasteiger partial charge in [0, 0.05) is 11.6 Å². The van der Waals surface area contributed by atoms with Crippen LogP contribution in [0.2, 0.25) is 0 Å². The van der Waals surface area contributed by atoms with Crippen molar-refractivity contribution in [1.29, 1.82) is 0 Å². The number of nitrogens with zero attached hydrogens (tertiary/aromatic N) is 2. The number of nitro benzene ring substituents is 1. The van der Waals surface area contributed by atoms with Crippen LogP contribution in [0.1, 0.15) is 20.8 Å². The van der Waals surface area contributed by atoms with Gasteiger partial charge in [0.1, 0.15) is 4.88 Å². The highest BCUT2D eigenvalue weighted by molar-refractivity contribution is 8.18. The van der Waals surface area contributed by atoms with Gasteiger partial charge >= 0.3 is 5.97 Å². The summed E-state index contributed by atoms with van der Waals surface area (Å²) in [6.07, 6.45) is 1.51. The molecule has 0 aliphatic carbocycles. The number of ether oxygens (including phenoxy) is 2. The number of methoxy groups -OCH3 is 1. The number of para-hydroxylation sites is 1. The maximum Gasteiger partial charge on any atom is 0.353 e. The van der Waals surface area contributed by atoms with E-state index in [-0.39, 0.29) is 34.2 Å². The highest BCUT2D eigenvalue weighted by Gasteiger charge is 2.36. The van der Waals surface area contributed by atoms with E-state index in [1.165, 1.54) is 48.8 Å². The Bertz CT molecular complexity index is 1320. The Balaban J connectivity index is 1.54. The monoisotopic (exact) mass is 496 g/mol. The fourth-order valence-corrected chi connectivity index (χ4v) is 4.62. The molecule has 1 aliphatic rings. The van der Waals surface area contributed by atoms with E-state index < -0.39 is 22.0 Å². The lowest BCUT2D eigenvalue weighted by Crippen LogP contribution is -2.27. The lowest BCUT2D eigenvalue weighted by Gasteiger charge is -2.12. The Labute approximate surface area is 201 Å². The zero-order chi connectivity index (χ0) is 24.2. The van der Waals surface area contributed by atoms with Gasteiger partial charge in [-0.2, -0.15) is 0 Å². The van der Waals surface area contributed by atoms with Crippen molar-refractivity contribution in [3.05, 3.63) is 91.0 Å². The third kappa shape index (κ3) is 4.85. The summed E-state index contributed by atoms with van der Waals surface area (Å²) in [4.78, 5) is 49.8. The third-order valence-corrected chi connectivity index (χ3v) is 6.56. The number of thiophene rings is 1. The van der Waals surface area contributed by atoms with E-state index in [1.54, 1.807) is 35.7 Å². The summed E-state index contributed by atoms with van der Waals surface area (Å²) < 4.78 is 10.7. The van der Waals surface area contributed by atoms with Crippen LogP contribution in [0.3, 0.4) is 0 Å². The molecule has 2 aromatic carbocycles. The minimum absolute atomic E-state index is 0.161. The van der Waals surface area contributed by atoms with Crippen LogP contribution in [-0.4, -0.2) is 34.0 Å². The molecule has 1 saturated heterocycles. The van der Waals surface area contributed by atoms with Gasteiger partial charge in [-0.05, 0) is 47.0 Å². The fourth-order valence-electron chi connectivity index (χ4n) is 3.18. The van der Waals surface area contributed by atoms with Crippen molar-refractivity contribution in [3.63, 3.8) is 0 Å². The lowest BCUT2D eigenvalue weighted by molar-refractivity contribution is -0.385. The number of amides is 2. The molecule has 0 unspecified atom stereocenters. The molecule has 1 fully saturated rings. The number of nitro groups is 1. The van der Waals surface area contributed by atoms with Gasteiger partial charge in [0.05, 0.1) is 23.5 Å². The van der Waals surface area contributed by atoms with Crippen molar-refractivity contribution >= 4 is 52.0 Å². The van der Waals surface area contributed by atoms with Crippen molar-refractivity contribution in [1.82, 2.24) is 4.90 Å². The number of imide groups is 1. The lowest BCUT2D eigenvalue weighted by atomic mass is 10.1. The Morgan fingerprint density at radius 3 is 2.62 bits per heavy atom. The van der Waals surface area contributed by atoms with Crippen LogP contribution in [0.5, 0.6) is 11.5 Å². The van der Waals surface area contributed by atoms with E-state index in [2.05, 4.69) is 0 Å². The number of esters is 1. The summed E-state index contributed by atoms with van der Waals surface area (Å²) in [5.74, 6) is -0.585. The summed E-state index contributed by atoms with van der Waals surface area (Å²) in [7, 11) is 1.42. The van der Waals surface area contributed by atoms with Crippen molar-refractivity contribution < 1.29 is 28.8 Å². The Kier molecular flexibility index (Phi) is 6.75. The standard InChI is InChI=1S/C23H16N2O7S2/c1-31-18-11-14(8-9-17(18)32-22(27)19-7-4-10-33-19)12-20-21(26)24(23(28)34-20)13-15-5-2-3-6-16(15)25(29)30/h2-12H,13H2,1H3/b20-12-. The minimum atomic E-state index is -0.555. The minimum Gasteiger partial charge on any atom is -0.493 e. The normalized spacial score (nSPS) is 14.5. The first kappa shape index (κ1) is 23.2. The molecule has 11 heteroatoms. The van der Waals surface area contributed by atoms with E-state index in [4.69, 9.17) is 9.47 Å². The average Bonchev–Trinajstić information content (AvgIpc) is 3.45. The van der Waals surface area contributed by atoms with Gasteiger partial charge in [-0.1, -0.05) is 30.3 Å². The molecule has 0 radical (unpaired) electrons. The second kappa shape index (κ2) is 9.89. The second-order valence-electron chi connectivity index (χ2n) is 6.93. The summed E-state index contributed by atoms with van der Waals surface area (Å²) in [5.41, 5.74) is 0.640. The number of benzene rings is 2. The van der Waals surface area contributed by atoms with Crippen LogP contribution in [0.25, 0.3) is 6.08 Å². The number of hydrogen-bond acceptors (Lipinski definition) is 9. The molecule has 0 saturated carbocycles. The molecule has 34 heavy (non-hydrogen) atoms. The molecule has 0 bridgehead atoms. The van der Waals surface area contributed by atoms with E-state index in [0.717, 1.165) is 16.7 Å². The Morgan fingerprint density at radius 2 is 1.91 bits per heavy atom. The van der Waals surface area contributed by atoms with Gasteiger partial charge in [0.25, 0.3) is 16.8 Å². The van der Waals surface area contributed by atoms with Gasteiger partial charge in [0.2, 0.25) is 0 Å². The number of carbonyl (C=O) groups excluding carboxylic acids is 3. The van der Waals surface area contributed by atoms with Gasteiger partial charge in [0.15, 0.2) is 11.5 Å². The number of rotatable bonds is 7. The topological polar surface area (TPSA) is 116 Å². The zero-order valence-electron chi connectivity index (χ0n) is 17.6. The van der Waals surface area contributed by atoms with Crippen LogP contribution in [-0.2, 0) is 11.3 Å². The van der Waals surface area contributed by atoms with Crippen molar-refractivity contribution in [2.45, 2.75) is 6.54 Å². The predicted octanol–water partition coefficient (Wildman–Crippen LogP) is 5.12. The van der Waals surface area contributed by atoms with Gasteiger partial charge in [-0.25, -0.2) is 4.79 Å². The fraction of sp³-hybridized carbons (Fsp3) is 0.0870. The van der Waals surface area contributed by atoms with E-state index in [1.807, 2.05) is 0 Å². The van der Waals surface area contributed by atoms with Crippen molar-refractivity contribution in [3.8, 4) is 11.5 Å². The first-order chi connectivity index (χ1) is 16.4. The molecule has 1 aromatic heterocycles. The van der Waals surface area contributed by atoms with E-state index in [0.29, 0.717) is 10.4 Å². The van der Waals surface area contributed by atoms with Crippen molar-refractivity contribution in [2.75, 3.05) is 7.11 Å². The number of carbonyl (C=O) groups is 3. The SMILES string of the molecule is COc1cc(/C=C2\SC(=O)N(Cc3ccccc3[N+](=O)[O-])C2=O)ccc1OC(=O)c1cccs1. The van der Waals surface area contributed by atoms with Gasteiger partial charge < -0.3 is 9.47 Å². The van der Waals surface area contributed by atoms with Gasteiger partial charge in [-0.3, -0.25) is 24.6 Å². The molecule has 0 atom stereocenters. The highest BCUT2D eigenvalue weighted by atomic mass is 32.2. The average molecular weight is 497 g/mol. The molecular formula is C23H16N2O7S2. The van der Waals surface area contributed by atoms with Crippen LogP contribution < -0.4 is 9.47 Å². The molecule has 2 amide bonds. The van der Waals surface area contributed by atoms with E-state index >= 15 is 0 Å². The molecule has 3 aromatic rings. The van der Waals surface area contributed by atoms with Crippen molar-refractivity contribution in [2.24, 2.45) is 0 Å². The molecule has 172 valence electrons. The first-order valence-corrected chi connectivity index (χ1v) is 11.5. The smallest absolute Gasteiger partial charge is 0.353 e. The molecule has 2 heterocycles. The number of thioether (sulfide) groups is 1. The zero-order valence-corrected chi connectivity index (χ0v) is 19.3. The highest BCUT2D eigenvalue weighted by Crippen LogP contribution is 2.36. The molecule has 9 nitrogen and oxygen atoms in total. The van der Waals surface area contributed by atoms with Crippen LogP contribution >= 0.6 is 23.1 Å². The van der Waals surface area contributed by atoms with Crippen LogP contribution in [0, 0.1) is 10.1 Å². The summed E-state index contributed by atoms with van der Waals surface area (Å²) in [6.45, 7) is -0.208. The summed E-state index contributed by atoms with van der Waals surface area (Å²) in [5, 5.41) is 12.5.